The highest BCUT2D eigenvalue weighted by molar-refractivity contribution is 7.99. The topological polar surface area (TPSA) is 29.5 Å². The van der Waals surface area contributed by atoms with E-state index in [0.717, 1.165) is 19.4 Å². The van der Waals surface area contributed by atoms with E-state index < -0.39 is 0 Å². The molecule has 2 atom stereocenters. The molecule has 0 aromatic heterocycles. The van der Waals surface area contributed by atoms with E-state index in [1.54, 1.807) is 0 Å². The SMILES string of the molecule is CCCC(C(=O)OC[N+](C)(C)C(C)CN1c2ccccc2Sc2ccccc21)C(C)C. The van der Waals surface area contributed by atoms with Crippen LogP contribution in [0.5, 0.6) is 0 Å². The zero-order valence-electron chi connectivity index (χ0n) is 19.8. The maximum atomic E-state index is 12.7. The van der Waals surface area contributed by atoms with Crippen LogP contribution in [-0.4, -0.2) is 43.9 Å². The van der Waals surface area contributed by atoms with E-state index in [4.69, 9.17) is 4.74 Å². The van der Waals surface area contributed by atoms with Crippen LogP contribution in [0.1, 0.15) is 40.5 Å². The molecule has 4 nitrogen and oxygen atoms in total. The van der Waals surface area contributed by atoms with Crippen molar-refractivity contribution in [1.82, 2.24) is 0 Å². The summed E-state index contributed by atoms with van der Waals surface area (Å²) in [5.74, 6) is 0.234. The molecule has 31 heavy (non-hydrogen) atoms. The Labute approximate surface area is 192 Å². The van der Waals surface area contributed by atoms with Crippen molar-refractivity contribution in [3.05, 3.63) is 48.5 Å². The molecule has 168 valence electrons. The summed E-state index contributed by atoms with van der Waals surface area (Å²) in [5.41, 5.74) is 2.50. The van der Waals surface area contributed by atoms with Crippen LogP contribution in [0.15, 0.2) is 58.3 Å². The third kappa shape index (κ3) is 5.45. The summed E-state index contributed by atoms with van der Waals surface area (Å²) in [4.78, 5) is 17.7. The number of carbonyl (C=O) groups excluding carboxylic acids is 1. The summed E-state index contributed by atoms with van der Waals surface area (Å²) in [5, 5.41) is 0. The van der Waals surface area contributed by atoms with Gasteiger partial charge in [0.05, 0.1) is 37.9 Å². The summed E-state index contributed by atoms with van der Waals surface area (Å²) in [6, 6.07) is 17.4. The number of fused-ring (bicyclic) bond motifs is 2. The lowest BCUT2D eigenvalue weighted by Crippen LogP contribution is -2.53. The quantitative estimate of drug-likeness (QED) is 0.258. The van der Waals surface area contributed by atoms with E-state index in [1.165, 1.54) is 21.2 Å². The van der Waals surface area contributed by atoms with Gasteiger partial charge in [0.2, 0.25) is 6.73 Å². The largest absolute Gasteiger partial charge is 0.415 e. The van der Waals surface area contributed by atoms with Crippen LogP contribution >= 0.6 is 11.8 Å². The monoisotopic (exact) mass is 441 g/mol. The maximum Gasteiger partial charge on any atom is 0.313 e. The van der Waals surface area contributed by atoms with E-state index in [-0.39, 0.29) is 17.9 Å². The average molecular weight is 442 g/mol. The predicted octanol–water partition coefficient (Wildman–Crippen LogP) is 6.33. The van der Waals surface area contributed by atoms with Crippen molar-refractivity contribution < 1.29 is 14.0 Å². The van der Waals surface area contributed by atoms with Crippen LogP contribution in [0.4, 0.5) is 11.4 Å². The second-order valence-electron chi connectivity index (χ2n) is 9.51. The number of esters is 1. The highest BCUT2D eigenvalue weighted by Gasteiger charge is 2.32. The molecule has 0 radical (unpaired) electrons. The standard InChI is InChI=1S/C26H37N2O2S/c1-7-12-21(19(2)3)26(29)30-18-28(5,6)20(4)17-27-22-13-8-10-15-24(22)31-25-16-11-9-14-23(25)27/h8-11,13-16,19-21H,7,12,17-18H2,1-6H3/q+1. The first kappa shape index (κ1) is 23.7. The van der Waals surface area contributed by atoms with Gasteiger partial charge in [-0.15, -0.1) is 0 Å². The van der Waals surface area contributed by atoms with Gasteiger partial charge in [0.15, 0.2) is 0 Å². The molecule has 1 heterocycles. The molecule has 5 heteroatoms. The zero-order valence-corrected chi connectivity index (χ0v) is 20.6. The van der Waals surface area contributed by atoms with Gasteiger partial charge in [0, 0.05) is 9.79 Å². The number of para-hydroxylation sites is 2. The van der Waals surface area contributed by atoms with Crippen molar-refractivity contribution in [2.75, 3.05) is 32.3 Å². The van der Waals surface area contributed by atoms with Gasteiger partial charge in [-0.2, -0.15) is 0 Å². The van der Waals surface area contributed by atoms with E-state index in [1.807, 2.05) is 11.8 Å². The molecular formula is C26H37N2O2S+. The normalized spacial score (nSPS) is 15.3. The predicted molar refractivity (Wildman–Crippen MR) is 130 cm³/mol. The lowest BCUT2D eigenvalue weighted by molar-refractivity contribution is -0.927. The minimum absolute atomic E-state index is 0.0156. The second-order valence-corrected chi connectivity index (χ2v) is 10.6. The molecule has 1 aliphatic rings. The zero-order chi connectivity index (χ0) is 22.6. The minimum Gasteiger partial charge on any atom is -0.415 e. The number of nitrogens with zero attached hydrogens (tertiary/aromatic N) is 2. The smallest absolute Gasteiger partial charge is 0.313 e. The Morgan fingerprint density at radius 3 is 2.06 bits per heavy atom. The number of hydrogen-bond acceptors (Lipinski definition) is 4. The summed E-state index contributed by atoms with van der Waals surface area (Å²) in [6.45, 7) is 9.81. The van der Waals surface area contributed by atoms with E-state index >= 15 is 0 Å². The van der Waals surface area contributed by atoms with E-state index in [9.17, 15) is 4.79 Å². The molecule has 2 unspecified atom stereocenters. The van der Waals surface area contributed by atoms with Crippen LogP contribution in [0, 0.1) is 11.8 Å². The number of carbonyl (C=O) groups is 1. The molecule has 2 aromatic rings. The van der Waals surface area contributed by atoms with Crippen molar-refractivity contribution >= 4 is 29.1 Å². The van der Waals surface area contributed by atoms with Gasteiger partial charge in [-0.05, 0) is 43.5 Å². The van der Waals surface area contributed by atoms with E-state index in [2.05, 4.69) is 95.2 Å². The number of benzene rings is 2. The van der Waals surface area contributed by atoms with Crippen LogP contribution < -0.4 is 4.90 Å². The maximum absolute atomic E-state index is 12.7. The van der Waals surface area contributed by atoms with Gasteiger partial charge in [0.1, 0.15) is 6.04 Å². The third-order valence-electron chi connectivity index (χ3n) is 6.42. The molecule has 0 spiro atoms. The number of quaternary nitrogens is 1. The van der Waals surface area contributed by atoms with Crippen molar-refractivity contribution in [1.29, 1.82) is 0 Å². The summed E-state index contributed by atoms with van der Waals surface area (Å²) in [7, 11) is 4.30. The van der Waals surface area contributed by atoms with Crippen LogP contribution in [0.25, 0.3) is 0 Å². The van der Waals surface area contributed by atoms with Gasteiger partial charge in [-0.3, -0.25) is 9.28 Å². The molecule has 0 saturated carbocycles. The van der Waals surface area contributed by atoms with Crippen LogP contribution in [-0.2, 0) is 9.53 Å². The molecule has 0 fully saturated rings. The molecule has 0 aliphatic carbocycles. The summed E-state index contributed by atoms with van der Waals surface area (Å²) < 4.78 is 6.46. The number of likely N-dealkylation sites (N-methyl/N-ethyl adjacent to an activating group) is 1. The molecule has 1 aliphatic heterocycles. The molecule has 0 amide bonds. The molecule has 0 N–H and O–H groups in total. The number of ether oxygens (including phenoxy) is 1. The number of anilines is 2. The number of hydrogen-bond donors (Lipinski definition) is 0. The number of rotatable bonds is 9. The highest BCUT2D eigenvalue weighted by atomic mass is 32.2. The highest BCUT2D eigenvalue weighted by Crippen LogP contribution is 2.48. The van der Waals surface area contributed by atoms with Gasteiger partial charge >= 0.3 is 5.97 Å². The third-order valence-corrected chi connectivity index (χ3v) is 7.55. The minimum atomic E-state index is -0.0553. The Bertz CT molecular complexity index is 851. The van der Waals surface area contributed by atoms with Crippen molar-refractivity contribution in [2.24, 2.45) is 11.8 Å². The Balaban J connectivity index is 1.73. The molecule has 0 bridgehead atoms. The van der Waals surface area contributed by atoms with Crippen molar-refractivity contribution in [3.63, 3.8) is 0 Å². The first-order valence-electron chi connectivity index (χ1n) is 11.4. The first-order chi connectivity index (χ1) is 14.7. The molecule has 2 aromatic carbocycles. The summed E-state index contributed by atoms with van der Waals surface area (Å²) in [6.07, 6.45) is 1.89. The van der Waals surface area contributed by atoms with Crippen LogP contribution in [0.3, 0.4) is 0 Å². The van der Waals surface area contributed by atoms with E-state index in [0.29, 0.717) is 17.1 Å². The fraction of sp³-hybridized carbons (Fsp3) is 0.500. The molecule has 3 rings (SSSR count). The van der Waals surface area contributed by atoms with Crippen molar-refractivity contribution in [3.8, 4) is 0 Å². The Kier molecular flexibility index (Phi) is 7.71. The Morgan fingerprint density at radius 1 is 1.00 bits per heavy atom. The fourth-order valence-corrected chi connectivity index (χ4v) is 5.06. The lowest BCUT2D eigenvalue weighted by Gasteiger charge is -2.40. The first-order valence-corrected chi connectivity index (χ1v) is 12.2. The molecule has 0 saturated heterocycles. The lowest BCUT2D eigenvalue weighted by atomic mass is 9.92. The van der Waals surface area contributed by atoms with Crippen LogP contribution in [0.2, 0.25) is 0 Å². The fourth-order valence-electron chi connectivity index (χ4n) is 3.96. The Morgan fingerprint density at radius 2 is 1.55 bits per heavy atom. The average Bonchev–Trinajstić information content (AvgIpc) is 2.75. The van der Waals surface area contributed by atoms with Gasteiger partial charge in [-0.25, -0.2) is 0 Å². The van der Waals surface area contributed by atoms with Gasteiger partial charge in [0.25, 0.3) is 0 Å². The van der Waals surface area contributed by atoms with Crippen molar-refractivity contribution in [2.45, 2.75) is 56.4 Å². The van der Waals surface area contributed by atoms with Gasteiger partial charge < -0.3 is 9.64 Å². The van der Waals surface area contributed by atoms with Gasteiger partial charge in [-0.1, -0.05) is 63.2 Å². The second kappa shape index (κ2) is 10.1. The molecular weight excluding hydrogens is 404 g/mol. The Hall–Kier alpha value is -1.98. The summed E-state index contributed by atoms with van der Waals surface area (Å²) >= 11 is 1.83.